The molecule has 3 nitrogen and oxygen atoms in total. The highest BCUT2D eigenvalue weighted by Gasteiger charge is 2.36. The molecule has 0 saturated carbocycles. The van der Waals surface area contributed by atoms with Gasteiger partial charge in [-0.25, -0.2) is 8.78 Å². The Bertz CT molecular complexity index is 546. The highest BCUT2D eigenvalue weighted by molar-refractivity contribution is 5.79. The summed E-state index contributed by atoms with van der Waals surface area (Å²) in [5.41, 5.74) is 0.664. The van der Waals surface area contributed by atoms with Crippen LogP contribution in [0.4, 0.5) is 8.78 Å². The van der Waals surface area contributed by atoms with E-state index in [9.17, 15) is 13.6 Å². The monoisotopic (exact) mass is 308 g/mol. The molecule has 3 rings (SSSR count). The molecule has 1 aromatic carbocycles. The second-order valence-corrected chi connectivity index (χ2v) is 6.54. The number of benzene rings is 1. The lowest BCUT2D eigenvalue weighted by Crippen LogP contribution is -2.47. The Morgan fingerprint density at radius 2 is 1.82 bits per heavy atom. The summed E-state index contributed by atoms with van der Waals surface area (Å²) >= 11 is 0. The number of halogens is 2. The summed E-state index contributed by atoms with van der Waals surface area (Å²) < 4.78 is 26.5. The van der Waals surface area contributed by atoms with Crippen molar-refractivity contribution in [2.45, 2.75) is 32.1 Å². The first-order valence-electron chi connectivity index (χ1n) is 8.00. The van der Waals surface area contributed by atoms with Gasteiger partial charge in [0.1, 0.15) is 11.6 Å². The van der Waals surface area contributed by atoms with Crippen LogP contribution >= 0.6 is 0 Å². The van der Waals surface area contributed by atoms with Gasteiger partial charge in [0.15, 0.2) is 0 Å². The molecule has 2 saturated heterocycles. The van der Waals surface area contributed by atoms with Gasteiger partial charge in [0.2, 0.25) is 5.91 Å². The van der Waals surface area contributed by atoms with Gasteiger partial charge in [0.25, 0.3) is 0 Å². The number of carbonyl (C=O) groups excluding carboxylic acids is 1. The number of nitrogens with zero attached hydrogens (tertiary/aromatic N) is 1. The molecule has 1 amide bonds. The van der Waals surface area contributed by atoms with Crippen molar-refractivity contribution >= 4 is 5.91 Å². The van der Waals surface area contributed by atoms with Crippen molar-refractivity contribution in [3.8, 4) is 0 Å². The third kappa shape index (κ3) is 3.29. The molecule has 22 heavy (non-hydrogen) atoms. The van der Waals surface area contributed by atoms with Crippen molar-refractivity contribution in [2.24, 2.45) is 5.41 Å². The lowest BCUT2D eigenvalue weighted by Gasteiger charge is -2.44. The van der Waals surface area contributed by atoms with Crippen LogP contribution in [0.1, 0.15) is 31.2 Å². The van der Waals surface area contributed by atoms with Crippen LogP contribution in [0.3, 0.4) is 0 Å². The molecule has 0 atom stereocenters. The maximum absolute atomic E-state index is 13.6. The zero-order chi connectivity index (χ0) is 15.6. The van der Waals surface area contributed by atoms with Crippen LogP contribution in [0, 0.1) is 17.0 Å². The van der Waals surface area contributed by atoms with E-state index in [1.165, 1.54) is 25.0 Å². The van der Waals surface area contributed by atoms with Crippen LogP contribution in [0.5, 0.6) is 0 Å². The zero-order valence-electron chi connectivity index (χ0n) is 12.7. The lowest BCUT2D eigenvalue weighted by molar-refractivity contribution is -0.133. The van der Waals surface area contributed by atoms with Crippen LogP contribution in [0.15, 0.2) is 18.2 Å². The summed E-state index contributed by atoms with van der Waals surface area (Å²) in [5, 5.41) is 3.38. The van der Waals surface area contributed by atoms with Gasteiger partial charge in [-0.3, -0.25) is 4.79 Å². The number of piperidine rings is 2. The number of likely N-dealkylation sites (tertiary alicyclic amines) is 1. The molecule has 1 spiro atoms. The molecule has 0 bridgehead atoms. The Kier molecular flexibility index (Phi) is 4.43. The zero-order valence-corrected chi connectivity index (χ0v) is 12.7. The van der Waals surface area contributed by atoms with Crippen LogP contribution in [-0.4, -0.2) is 37.0 Å². The van der Waals surface area contributed by atoms with Crippen molar-refractivity contribution in [3.05, 3.63) is 35.4 Å². The fourth-order valence-corrected chi connectivity index (χ4v) is 3.63. The van der Waals surface area contributed by atoms with E-state index in [-0.39, 0.29) is 17.9 Å². The Labute approximate surface area is 129 Å². The fraction of sp³-hybridized carbons (Fsp3) is 0.588. The third-order valence-electron chi connectivity index (χ3n) is 5.20. The van der Waals surface area contributed by atoms with E-state index >= 15 is 0 Å². The van der Waals surface area contributed by atoms with Gasteiger partial charge >= 0.3 is 0 Å². The average Bonchev–Trinajstić information content (AvgIpc) is 2.51. The first-order chi connectivity index (χ1) is 10.6. The van der Waals surface area contributed by atoms with Gasteiger partial charge in [0, 0.05) is 19.2 Å². The SMILES string of the molecule is O=C(Cc1ccc(F)cc1F)N1CCC2(CCNCC2)CC1. The molecule has 0 aliphatic carbocycles. The molecular formula is C17H22F2N2O. The molecule has 2 fully saturated rings. The molecule has 2 aliphatic heterocycles. The van der Waals surface area contributed by atoms with Crippen LogP contribution in [0.2, 0.25) is 0 Å². The summed E-state index contributed by atoms with van der Waals surface area (Å²) in [4.78, 5) is 14.2. The topological polar surface area (TPSA) is 32.3 Å². The smallest absolute Gasteiger partial charge is 0.227 e. The molecule has 0 aromatic heterocycles. The normalized spacial score (nSPS) is 21.1. The Balaban J connectivity index is 1.57. The highest BCUT2D eigenvalue weighted by Crippen LogP contribution is 2.39. The van der Waals surface area contributed by atoms with E-state index in [4.69, 9.17) is 0 Å². The van der Waals surface area contributed by atoms with E-state index in [0.717, 1.165) is 45.1 Å². The second-order valence-electron chi connectivity index (χ2n) is 6.54. The second kappa shape index (κ2) is 6.32. The average molecular weight is 308 g/mol. The summed E-state index contributed by atoms with van der Waals surface area (Å²) in [6, 6.07) is 3.40. The molecular weight excluding hydrogens is 286 g/mol. The standard InChI is InChI=1S/C17H22F2N2O/c18-14-2-1-13(15(19)12-14)11-16(22)21-9-5-17(6-10-21)3-7-20-8-4-17/h1-2,12,20H,3-11H2. The van der Waals surface area contributed by atoms with Gasteiger partial charge in [0.05, 0.1) is 6.42 Å². The third-order valence-corrected chi connectivity index (χ3v) is 5.20. The van der Waals surface area contributed by atoms with Crippen LogP contribution < -0.4 is 5.32 Å². The first-order valence-corrected chi connectivity index (χ1v) is 8.00. The molecule has 0 radical (unpaired) electrons. The fourth-order valence-electron chi connectivity index (χ4n) is 3.63. The van der Waals surface area contributed by atoms with Gasteiger partial charge in [-0.2, -0.15) is 0 Å². The van der Waals surface area contributed by atoms with Gasteiger partial charge in [-0.05, 0) is 55.8 Å². The van der Waals surface area contributed by atoms with E-state index in [0.29, 0.717) is 5.41 Å². The van der Waals surface area contributed by atoms with Gasteiger partial charge in [-0.1, -0.05) is 6.07 Å². The van der Waals surface area contributed by atoms with Gasteiger partial charge in [-0.15, -0.1) is 0 Å². The molecule has 1 N–H and O–H groups in total. The molecule has 0 unspecified atom stereocenters. The molecule has 120 valence electrons. The predicted octanol–water partition coefficient (Wildman–Crippen LogP) is 2.50. The number of hydrogen-bond acceptors (Lipinski definition) is 2. The first kappa shape index (κ1) is 15.4. The highest BCUT2D eigenvalue weighted by atomic mass is 19.1. The maximum atomic E-state index is 13.6. The minimum atomic E-state index is -0.639. The minimum Gasteiger partial charge on any atom is -0.342 e. The Morgan fingerprint density at radius 1 is 1.14 bits per heavy atom. The Hall–Kier alpha value is -1.49. The quantitative estimate of drug-likeness (QED) is 0.910. The molecule has 5 heteroatoms. The molecule has 1 aromatic rings. The predicted molar refractivity (Wildman–Crippen MR) is 80.4 cm³/mol. The summed E-state index contributed by atoms with van der Waals surface area (Å²) in [7, 11) is 0. The van der Waals surface area contributed by atoms with E-state index < -0.39 is 11.6 Å². The lowest BCUT2D eigenvalue weighted by atomic mass is 9.71. The largest absolute Gasteiger partial charge is 0.342 e. The number of rotatable bonds is 2. The van der Waals surface area contributed by atoms with Crippen molar-refractivity contribution < 1.29 is 13.6 Å². The van der Waals surface area contributed by atoms with Crippen molar-refractivity contribution in [2.75, 3.05) is 26.2 Å². The number of carbonyl (C=O) groups is 1. The summed E-state index contributed by atoms with van der Waals surface area (Å²) in [6.07, 6.45) is 4.45. The van der Waals surface area contributed by atoms with Crippen LogP contribution in [-0.2, 0) is 11.2 Å². The molecule has 2 heterocycles. The van der Waals surface area contributed by atoms with E-state index in [1.807, 2.05) is 4.90 Å². The summed E-state index contributed by atoms with van der Waals surface area (Å²) in [6.45, 7) is 3.63. The maximum Gasteiger partial charge on any atom is 0.227 e. The van der Waals surface area contributed by atoms with Crippen molar-refractivity contribution in [1.29, 1.82) is 0 Å². The van der Waals surface area contributed by atoms with E-state index in [2.05, 4.69) is 5.32 Å². The number of hydrogen-bond donors (Lipinski definition) is 1. The Morgan fingerprint density at radius 3 is 2.45 bits per heavy atom. The minimum absolute atomic E-state index is 0.0146. The van der Waals surface area contributed by atoms with Gasteiger partial charge < -0.3 is 10.2 Å². The van der Waals surface area contributed by atoms with Crippen molar-refractivity contribution in [3.63, 3.8) is 0 Å². The van der Waals surface area contributed by atoms with Crippen molar-refractivity contribution in [1.82, 2.24) is 10.2 Å². The molecule has 2 aliphatic rings. The van der Waals surface area contributed by atoms with E-state index in [1.54, 1.807) is 0 Å². The number of amides is 1. The summed E-state index contributed by atoms with van der Waals surface area (Å²) in [5.74, 6) is -1.31. The number of nitrogens with one attached hydrogen (secondary N) is 1. The van der Waals surface area contributed by atoms with Crippen LogP contribution in [0.25, 0.3) is 0 Å².